The summed E-state index contributed by atoms with van der Waals surface area (Å²) in [5, 5.41) is 9.51. The number of carbonyl (C=O) groups is 1. The van der Waals surface area contributed by atoms with Gasteiger partial charge in [-0.3, -0.25) is 4.79 Å². The van der Waals surface area contributed by atoms with Crippen molar-refractivity contribution in [2.75, 3.05) is 13.1 Å². The monoisotopic (exact) mass is 273 g/mol. The number of hydrogen-bond acceptors (Lipinski definition) is 5. The Balaban J connectivity index is 2.59. The molecule has 1 aromatic heterocycles. The van der Waals surface area contributed by atoms with Crippen molar-refractivity contribution in [1.29, 1.82) is 0 Å². The molecule has 2 rings (SSSR count). The zero-order valence-electron chi connectivity index (χ0n) is 10.3. The molecule has 0 saturated carbocycles. The van der Waals surface area contributed by atoms with Crippen LogP contribution in [0.3, 0.4) is 0 Å². The second kappa shape index (κ2) is 4.36. The fourth-order valence-corrected chi connectivity index (χ4v) is 3.78. The fraction of sp³-hybridized carbons (Fsp3) is 0.600. The summed E-state index contributed by atoms with van der Waals surface area (Å²) in [6.07, 6.45) is 1.60. The molecule has 1 saturated heterocycles. The van der Waals surface area contributed by atoms with Gasteiger partial charge in [0, 0.05) is 20.0 Å². The van der Waals surface area contributed by atoms with Gasteiger partial charge in [-0.1, -0.05) is 0 Å². The molecule has 8 heteroatoms. The predicted octanol–water partition coefficient (Wildman–Crippen LogP) is 0.288. The summed E-state index contributed by atoms with van der Waals surface area (Å²) in [5.41, 5.74) is 0.0621. The van der Waals surface area contributed by atoms with Crippen LogP contribution in [0.25, 0.3) is 0 Å². The van der Waals surface area contributed by atoms with Crippen molar-refractivity contribution < 1.29 is 18.3 Å². The number of imidazole rings is 1. The van der Waals surface area contributed by atoms with E-state index in [4.69, 9.17) is 0 Å². The molecule has 100 valence electrons. The minimum atomic E-state index is -3.82. The van der Waals surface area contributed by atoms with Gasteiger partial charge in [-0.25, -0.2) is 3.97 Å². The summed E-state index contributed by atoms with van der Waals surface area (Å²) in [6, 6.07) is 0. The molecule has 1 aliphatic rings. The van der Waals surface area contributed by atoms with Gasteiger partial charge in [-0.15, -0.1) is 0 Å². The highest BCUT2D eigenvalue weighted by atomic mass is 32.2. The highest BCUT2D eigenvalue weighted by Crippen LogP contribution is 2.23. The van der Waals surface area contributed by atoms with Crippen LogP contribution in [0.15, 0.2) is 0 Å². The van der Waals surface area contributed by atoms with Gasteiger partial charge in [0.1, 0.15) is 0 Å². The molecule has 1 aromatic rings. The van der Waals surface area contributed by atoms with Crippen molar-refractivity contribution in [1.82, 2.24) is 13.3 Å². The lowest BCUT2D eigenvalue weighted by molar-refractivity contribution is 0.100. The third-order valence-electron chi connectivity index (χ3n) is 2.97. The Morgan fingerprint density at radius 2 is 1.89 bits per heavy atom. The van der Waals surface area contributed by atoms with Crippen LogP contribution in [0.5, 0.6) is 5.88 Å². The number of hydrogen-bond donors (Lipinski definition) is 1. The molecule has 0 aliphatic carbocycles. The molecule has 0 amide bonds. The van der Waals surface area contributed by atoms with E-state index in [1.54, 1.807) is 0 Å². The van der Waals surface area contributed by atoms with E-state index in [0.717, 1.165) is 16.8 Å². The van der Waals surface area contributed by atoms with Crippen molar-refractivity contribution in [2.24, 2.45) is 0 Å². The number of ketones is 1. The Hall–Kier alpha value is -1.41. The summed E-state index contributed by atoms with van der Waals surface area (Å²) in [6.45, 7) is 3.50. The van der Waals surface area contributed by atoms with E-state index in [-0.39, 0.29) is 11.5 Å². The molecule has 1 fully saturated rings. The van der Waals surface area contributed by atoms with Gasteiger partial charge >= 0.3 is 10.2 Å². The third kappa shape index (κ3) is 1.91. The zero-order valence-corrected chi connectivity index (χ0v) is 11.1. The minimum absolute atomic E-state index is 0.0621. The van der Waals surface area contributed by atoms with Crippen molar-refractivity contribution in [3.63, 3.8) is 0 Å². The molecule has 0 spiro atoms. The maximum Gasteiger partial charge on any atom is 0.309 e. The number of nitrogens with zero attached hydrogens (tertiary/aromatic N) is 3. The molecule has 0 atom stereocenters. The summed E-state index contributed by atoms with van der Waals surface area (Å²) in [7, 11) is -3.82. The molecule has 2 heterocycles. The summed E-state index contributed by atoms with van der Waals surface area (Å²) in [4.78, 5) is 15.0. The second-order valence-corrected chi connectivity index (χ2v) is 6.06. The van der Waals surface area contributed by atoms with Crippen LogP contribution >= 0.6 is 0 Å². The van der Waals surface area contributed by atoms with Gasteiger partial charge in [0.2, 0.25) is 5.88 Å². The van der Waals surface area contributed by atoms with Gasteiger partial charge in [0.15, 0.2) is 11.6 Å². The highest BCUT2D eigenvalue weighted by molar-refractivity contribution is 7.87. The van der Waals surface area contributed by atoms with E-state index in [0.29, 0.717) is 13.1 Å². The van der Waals surface area contributed by atoms with Crippen molar-refractivity contribution in [3.8, 4) is 5.88 Å². The Bertz CT molecular complexity index is 585. The lowest BCUT2D eigenvalue weighted by atomic mass is 10.4. The van der Waals surface area contributed by atoms with Gasteiger partial charge in [0.25, 0.3) is 0 Å². The van der Waals surface area contributed by atoms with Crippen LogP contribution in [0, 0.1) is 6.92 Å². The van der Waals surface area contributed by atoms with Crippen LogP contribution in [0.4, 0.5) is 0 Å². The number of Topliss-reactive ketones (excluding diaryl/α,β-unsaturated/α-hetero) is 1. The molecule has 18 heavy (non-hydrogen) atoms. The predicted molar refractivity (Wildman–Crippen MR) is 63.8 cm³/mol. The van der Waals surface area contributed by atoms with Crippen LogP contribution < -0.4 is 0 Å². The largest absolute Gasteiger partial charge is 0.492 e. The van der Waals surface area contributed by atoms with Gasteiger partial charge in [-0.05, 0) is 19.8 Å². The first-order chi connectivity index (χ1) is 8.35. The van der Waals surface area contributed by atoms with E-state index in [1.807, 2.05) is 0 Å². The summed E-state index contributed by atoms with van der Waals surface area (Å²) in [5.74, 6) is -1.18. The molecule has 1 aliphatic heterocycles. The molecular weight excluding hydrogens is 258 g/mol. The molecule has 0 unspecified atom stereocenters. The number of aromatic nitrogens is 2. The van der Waals surface area contributed by atoms with Crippen molar-refractivity contribution in [2.45, 2.75) is 26.7 Å². The number of rotatable bonds is 3. The summed E-state index contributed by atoms with van der Waals surface area (Å²) < 4.78 is 26.9. The molecular formula is C10H15N3O4S. The molecule has 0 aromatic carbocycles. The SMILES string of the molecule is CC(=O)c1nc(O)c(C)n1S(=O)(=O)N1CCCC1. The average molecular weight is 273 g/mol. The molecule has 1 N–H and O–H groups in total. The first-order valence-electron chi connectivity index (χ1n) is 5.65. The van der Waals surface area contributed by atoms with Gasteiger partial charge in [0.05, 0.1) is 5.69 Å². The normalized spacial score (nSPS) is 17.2. The van der Waals surface area contributed by atoms with Crippen molar-refractivity contribution in [3.05, 3.63) is 11.5 Å². The van der Waals surface area contributed by atoms with Crippen LogP contribution in [-0.4, -0.2) is 45.7 Å². The average Bonchev–Trinajstić information content (AvgIpc) is 2.88. The minimum Gasteiger partial charge on any atom is -0.492 e. The van der Waals surface area contributed by atoms with Gasteiger partial charge in [-0.2, -0.15) is 17.7 Å². The second-order valence-electron chi connectivity index (χ2n) is 4.28. The quantitative estimate of drug-likeness (QED) is 0.799. The summed E-state index contributed by atoms with van der Waals surface area (Å²) >= 11 is 0. The highest BCUT2D eigenvalue weighted by Gasteiger charge is 2.32. The van der Waals surface area contributed by atoms with E-state index in [9.17, 15) is 18.3 Å². The number of carbonyl (C=O) groups excluding carboxylic acids is 1. The van der Waals surface area contributed by atoms with Gasteiger partial charge < -0.3 is 5.11 Å². The molecule has 0 bridgehead atoms. The maximum atomic E-state index is 12.4. The Morgan fingerprint density at radius 1 is 1.33 bits per heavy atom. The van der Waals surface area contributed by atoms with E-state index >= 15 is 0 Å². The molecule has 7 nitrogen and oxygen atoms in total. The number of aromatic hydroxyl groups is 1. The molecule has 0 radical (unpaired) electrons. The smallest absolute Gasteiger partial charge is 0.309 e. The van der Waals surface area contributed by atoms with Crippen LogP contribution in [0.1, 0.15) is 36.1 Å². The first-order valence-corrected chi connectivity index (χ1v) is 7.05. The lowest BCUT2D eigenvalue weighted by Crippen LogP contribution is -2.35. The van der Waals surface area contributed by atoms with E-state index in [1.165, 1.54) is 18.2 Å². The Kier molecular flexibility index (Phi) is 3.16. The van der Waals surface area contributed by atoms with Crippen molar-refractivity contribution >= 4 is 16.0 Å². The van der Waals surface area contributed by atoms with Crippen LogP contribution in [0.2, 0.25) is 0 Å². The first kappa shape index (κ1) is 13.0. The maximum absolute atomic E-state index is 12.4. The third-order valence-corrected chi connectivity index (χ3v) is 4.90. The standard InChI is InChI=1S/C10H15N3O4S/c1-7-10(15)11-9(8(2)14)13(7)18(16,17)12-5-3-4-6-12/h15H,3-6H2,1-2H3. The Labute approximate surface area is 105 Å². The Morgan fingerprint density at radius 3 is 2.39 bits per heavy atom. The van der Waals surface area contributed by atoms with E-state index in [2.05, 4.69) is 4.98 Å². The topological polar surface area (TPSA) is 92.5 Å². The van der Waals surface area contributed by atoms with E-state index < -0.39 is 21.9 Å². The fourth-order valence-electron chi connectivity index (χ4n) is 2.01. The van der Waals surface area contributed by atoms with Crippen LogP contribution in [-0.2, 0) is 10.2 Å². The lowest BCUT2D eigenvalue weighted by Gasteiger charge is -2.18. The zero-order chi connectivity index (χ0) is 13.5.